The summed E-state index contributed by atoms with van der Waals surface area (Å²) in [5.41, 5.74) is 2.32. The van der Waals surface area contributed by atoms with Gasteiger partial charge in [0.05, 0.1) is 0 Å². The SMILES string of the molecule is CC(NC(=O)CCCCC(=O)O)C(c1ccccc1)c1ccccc1. The van der Waals surface area contributed by atoms with Crippen LogP contribution in [-0.4, -0.2) is 23.0 Å². The van der Waals surface area contributed by atoms with Crippen molar-refractivity contribution in [1.29, 1.82) is 0 Å². The van der Waals surface area contributed by atoms with Gasteiger partial charge in [-0.2, -0.15) is 0 Å². The van der Waals surface area contributed by atoms with E-state index in [4.69, 9.17) is 5.11 Å². The van der Waals surface area contributed by atoms with Crippen LogP contribution in [0.3, 0.4) is 0 Å². The molecule has 1 amide bonds. The van der Waals surface area contributed by atoms with Crippen LogP contribution < -0.4 is 5.32 Å². The minimum atomic E-state index is -0.818. The topological polar surface area (TPSA) is 66.4 Å². The molecule has 132 valence electrons. The number of carboxylic acids is 1. The molecule has 0 saturated carbocycles. The Kier molecular flexibility index (Phi) is 7.20. The Balaban J connectivity index is 2.02. The van der Waals surface area contributed by atoms with Crippen LogP contribution in [0.4, 0.5) is 0 Å². The van der Waals surface area contributed by atoms with Crippen LogP contribution in [0, 0.1) is 0 Å². The smallest absolute Gasteiger partial charge is 0.303 e. The minimum Gasteiger partial charge on any atom is -0.481 e. The van der Waals surface area contributed by atoms with Crippen LogP contribution in [-0.2, 0) is 9.59 Å². The number of unbranched alkanes of at least 4 members (excludes halogenated alkanes) is 1. The molecule has 4 nitrogen and oxygen atoms in total. The number of carbonyl (C=O) groups is 2. The van der Waals surface area contributed by atoms with Crippen molar-refractivity contribution in [2.75, 3.05) is 0 Å². The Hall–Kier alpha value is -2.62. The molecule has 0 aromatic heterocycles. The zero-order valence-corrected chi connectivity index (χ0v) is 14.5. The van der Waals surface area contributed by atoms with Gasteiger partial charge in [-0.15, -0.1) is 0 Å². The number of aliphatic carboxylic acids is 1. The van der Waals surface area contributed by atoms with E-state index in [9.17, 15) is 9.59 Å². The Morgan fingerprint density at radius 3 is 1.84 bits per heavy atom. The second-order valence-electron chi connectivity index (χ2n) is 6.26. The fraction of sp³-hybridized carbons (Fsp3) is 0.333. The molecule has 2 aromatic carbocycles. The number of carboxylic acid groups (broad SMARTS) is 1. The fourth-order valence-electron chi connectivity index (χ4n) is 3.06. The number of nitrogens with one attached hydrogen (secondary N) is 1. The van der Waals surface area contributed by atoms with Gasteiger partial charge in [-0.25, -0.2) is 0 Å². The normalized spacial score (nSPS) is 11.9. The van der Waals surface area contributed by atoms with Gasteiger partial charge < -0.3 is 10.4 Å². The third-order valence-electron chi connectivity index (χ3n) is 4.25. The molecular formula is C21H25NO3. The van der Waals surface area contributed by atoms with E-state index in [2.05, 4.69) is 29.6 Å². The number of amides is 1. The van der Waals surface area contributed by atoms with Crippen molar-refractivity contribution < 1.29 is 14.7 Å². The van der Waals surface area contributed by atoms with E-state index in [-0.39, 0.29) is 24.3 Å². The predicted octanol–water partition coefficient (Wildman–Crippen LogP) is 3.97. The number of benzene rings is 2. The summed E-state index contributed by atoms with van der Waals surface area (Å²) in [5, 5.41) is 11.7. The van der Waals surface area contributed by atoms with E-state index >= 15 is 0 Å². The Labute approximate surface area is 148 Å². The first kappa shape index (κ1) is 18.7. The highest BCUT2D eigenvalue weighted by molar-refractivity contribution is 5.76. The molecule has 0 aliphatic rings. The summed E-state index contributed by atoms with van der Waals surface area (Å²) >= 11 is 0. The molecule has 1 atom stereocenters. The quantitative estimate of drug-likeness (QED) is 0.679. The first-order chi connectivity index (χ1) is 12.1. The number of rotatable bonds is 9. The van der Waals surface area contributed by atoms with Gasteiger partial charge in [-0.05, 0) is 30.9 Å². The number of hydrogen-bond acceptors (Lipinski definition) is 2. The van der Waals surface area contributed by atoms with Gasteiger partial charge in [0.25, 0.3) is 0 Å². The first-order valence-electron chi connectivity index (χ1n) is 8.69. The van der Waals surface area contributed by atoms with E-state index in [1.165, 1.54) is 0 Å². The third kappa shape index (κ3) is 6.07. The van der Waals surface area contributed by atoms with Crippen molar-refractivity contribution in [1.82, 2.24) is 5.32 Å². The van der Waals surface area contributed by atoms with Crippen LogP contribution in [0.2, 0.25) is 0 Å². The first-order valence-corrected chi connectivity index (χ1v) is 8.69. The van der Waals surface area contributed by atoms with Crippen molar-refractivity contribution in [2.24, 2.45) is 0 Å². The van der Waals surface area contributed by atoms with E-state index < -0.39 is 5.97 Å². The lowest BCUT2D eigenvalue weighted by atomic mass is 9.85. The molecule has 0 aliphatic carbocycles. The maximum Gasteiger partial charge on any atom is 0.303 e. The Morgan fingerprint density at radius 2 is 1.36 bits per heavy atom. The second-order valence-corrected chi connectivity index (χ2v) is 6.26. The second kappa shape index (κ2) is 9.62. The van der Waals surface area contributed by atoms with E-state index in [1.54, 1.807) is 0 Å². The summed E-state index contributed by atoms with van der Waals surface area (Å²) in [6, 6.07) is 20.2. The number of hydrogen-bond donors (Lipinski definition) is 2. The molecule has 0 heterocycles. The van der Waals surface area contributed by atoms with E-state index in [1.807, 2.05) is 43.3 Å². The summed E-state index contributed by atoms with van der Waals surface area (Å²) in [6.07, 6.45) is 1.58. The Bertz CT molecular complexity index is 631. The highest BCUT2D eigenvalue weighted by Gasteiger charge is 2.22. The van der Waals surface area contributed by atoms with E-state index in [0.29, 0.717) is 19.3 Å². The summed E-state index contributed by atoms with van der Waals surface area (Å²) in [4.78, 5) is 22.7. The average molecular weight is 339 g/mol. The van der Waals surface area contributed by atoms with Gasteiger partial charge in [0.2, 0.25) is 5.91 Å². The average Bonchev–Trinajstić information content (AvgIpc) is 2.60. The maximum atomic E-state index is 12.2. The minimum absolute atomic E-state index is 0.0326. The standard InChI is InChI=1S/C21H25NO3/c1-16(22-19(23)14-8-9-15-20(24)25)21(17-10-4-2-5-11-17)18-12-6-3-7-13-18/h2-7,10-13,16,21H,8-9,14-15H2,1H3,(H,22,23)(H,24,25). The summed E-state index contributed by atoms with van der Waals surface area (Å²) in [5.74, 6) is -0.776. The fourth-order valence-corrected chi connectivity index (χ4v) is 3.06. The van der Waals surface area contributed by atoms with Gasteiger partial charge in [-0.3, -0.25) is 9.59 Å². The zero-order valence-electron chi connectivity index (χ0n) is 14.5. The number of carbonyl (C=O) groups excluding carboxylic acids is 1. The molecule has 2 rings (SSSR count). The summed E-state index contributed by atoms with van der Waals surface area (Å²) in [6.45, 7) is 2.01. The maximum absolute atomic E-state index is 12.2. The van der Waals surface area contributed by atoms with Crippen LogP contribution in [0.5, 0.6) is 0 Å². The van der Waals surface area contributed by atoms with Crippen LogP contribution >= 0.6 is 0 Å². The van der Waals surface area contributed by atoms with Gasteiger partial charge in [-0.1, -0.05) is 60.7 Å². The van der Waals surface area contributed by atoms with Crippen molar-refractivity contribution in [3.05, 3.63) is 71.8 Å². The highest BCUT2D eigenvalue weighted by Crippen LogP contribution is 2.28. The van der Waals surface area contributed by atoms with Gasteiger partial charge in [0.15, 0.2) is 0 Å². The molecule has 2 aromatic rings. The van der Waals surface area contributed by atoms with Gasteiger partial charge >= 0.3 is 5.97 Å². The molecule has 25 heavy (non-hydrogen) atoms. The lowest BCUT2D eigenvalue weighted by Gasteiger charge is -2.26. The van der Waals surface area contributed by atoms with Crippen molar-refractivity contribution >= 4 is 11.9 Å². The summed E-state index contributed by atoms with van der Waals surface area (Å²) < 4.78 is 0. The molecule has 0 fully saturated rings. The Morgan fingerprint density at radius 1 is 0.880 bits per heavy atom. The van der Waals surface area contributed by atoms with Crippen molar-refractivity contribution in [2.45, 2.75) is 44.6 Å². The zero-order chi connectivity index (χ0) is 18.1. The van der Waals surface area contributed by atoms with Gasteiger partial charge in [0, 0.05) is 24.8 Å². The molecule has 0 aliphatic heterocycles. The molecule has 0 saturated heterocycles. The molecule has 1 unspecified atom stereocenters. The monoisotopic (exact) mass is 339 g/mol. The third-order valence-corrected chi connectivity index (χ3v) is 4.25. The molecule has 0 radical (unpaired) electrons. The highest BCUT2D eigenvalue weighted by atomic mass is 16.4. The summed E-state index contributed by atoms with van der Waals surface area (Å²) in [7, 11) is 0. The molecular weight excluding hydrogens is 314 g/mol. The van der Waals surface area contributed by atoms with Crippen LogP contribution in [0.1, 0.15) is 49.7 Å². The van der Waals surface area contributed by atoms with Crippen molar-refractivity contribution in [3.63, 3.8) is 0 Å². The lowest BCUT2D eigenvalue weighted by molar-refractivity contribution is -0.137. The van der Waals surface area contributed by atoms with E-state index in [0.717, 1.165) is 11.1 Å². The molecule has 0 spiro atoms. The van der Waals surface area contributed by atoms with Crippen LogP contribution in [0.15, 0.2) is 60.7 Å². The van der Waals surface area contributed by atoms with Crippen molar-refractivity contribution in [3.8, 4) is 0 Å². The van der Waals surface area contributed by atoms with Crippen LogP contribution in [0.25, 0.3) is 0 Å². The molecule has 2 N–H and O–H groups in total. The largest absolute Gasteiger partial charge is 0.481 e. The lowest BCUT2D eigenvalue weighted by Crippen LogP contribution is -2.37. The molecule has 4 heteroatoms. The molecule has 0 bridgehead atoms. The predicted molar refractivity (Wildman–Crippen MR) is 98.4 cm³/mol. The van der Waals surface area contributed by atoms with Gasteiger partial charge in [0.1, 0.15) is 0 Å².